The number of fused-ring (bicyclic) bond motifs is 1. The largest absolute Gasteiger partial charge is 0.497 e. The standard InChI is InChI=1S/C27H26N2O5S/c1-18(2)23-11-7-10-20-16-24(27(30)31)26(28-25(20)23)29(17-19-8-5-4-6-9-19)35(32,33)22-14-12-21(34-3)13-15-22/h4-16,18H,17H2,1-3H3,(H,30,31). The van der Waals surface area contributed by atoms with Gasteiger partial charge in [-0.15, -0.1) is 0 Å². The van der Waals surface area contributed by atoms with Gasteiger partial charge in [-0.05, 0) is 47.4 Å². The summed E-state index contributed by atoms with van der Waals surface area (Å²) in [5.74, 6) is -0.768. The third kappa shape index (κ3) is 4.83. The molecule has 0 amide bonds. The summed E-state index contributed by atoms with van der Waals surface area (Å²) in [6.07, 6.45) is 0. The minimum atomic E-state index is -4.18. The van der Waals surface area contributed by atoms with E-state index in [0.29, 0.717) is 22.2 Å². The van der Waals surface area contributed by atoms with Crippen molar-refractivity contribution in [2.24, 2.45) is 0 Å². The van der Waals surface area contributed by atoms with E-state index in [4.69, 9.17) is 4.74 Å². The number of carboxylic acids is 1. The van der Waals surface area contributed by atoms with E-state index in [1.54, 1.807) is 42.5 Å². The number of aromatic carboxylic acids is 1. The van der Waals surface area contributed by atoms with Gasteiger partial charge in [0, 0.05) is 5.39 Å². The van der Waals surface area contributed by atoms with E-state index < -0.39 is 16.0 Å². The van der Waals surface area contributed by atoms with Crippen molar-refractivity contribution in [2.45, 2.75) is 31.2 Å². The van der Waals surface area contributed by atoms with E-state index in [1.165, 1.54) is 25.3 Å². The fraction of sp³-hybridized carbons (Fsp3) is 0.185. The maximum atomic E-state index is 13.9. The molecule has 1 N–H and O–H groups in total. The monoisotopic (exact) mass is 490 g/mol. The molecule has 0 aliphatic carbocycles. The molecule has 4 aromatic rings. The van der Waals surface area contributed by atoms with Crippen molar-refractivity contribution in [2.75, 3.05) is 11.4 Å². The van der Waals surface area contributed by atoms with E-state index in [2.05, 4.69) is 4.98 Å². The lowest BCUT2D eigenvalue weighted by Gasteiger charge is -2.26. The van der Waals surface area contributed by atoms with E-state index in [-0.39, 0.29) is 28.7 Å². The highest BCUT2D eigenvalue weighted by Crippen LogP contribution is 2.33. The molecule has 0 fully saturated rings. The number of pyridine rings is 1. The van der Waals surface area contributed by atoms with Gasteiger partial charge in [-0.2, -0.15) is 0 Å². The molecule has 0 bridgehead atoms. The molecular weight excluding hydrogens is 464 g/mol. The number of hydrogen-bond acceptors (Lipinski definition) is 5. The van der Waals surface area contributed by atoms with Crippen molar-refractivity contribution < 1.29 is 23.1 Å². The number of sulfonamides is 1. The van der Waals surface area contributed by atoms with Crippen LogP contribution in [0, 0.1) is 0 Å². The number of benzene rings is 3. The summed E-state index contributed by atoms with van der Waals surface area (Å²) in [5.41, 5.74) is 1.99. The summed E-state index contributed by atoms with van der Waals surface area (Å²) < 4.78 is 34.1. The van der Waals surface area contributed by atoms with E-state index in [0.717, 1.165) is 9.87 Å². The maximum absolute atomic E-state index is 13.9. The molecule has 0 atom stereocenters. The molecule has 0 saturated carbocycles. The van der Waals surface area contributed by atoms with Gasteiger partial charge < -0.3 is 9.84 Å². The molecule has 0 radical (unpaired) electrons. The molecule has 0 unspecified atom stereocenters. The van der Waals surface area contributed by atoms with Crippen LogP contribution in [0.15, 0.2) is 83.8 Å². The summed E-state index contributed by atoms with van der Waals surface area (Å²) in [4.78, 5) is 17.0. The maximum Gasteiger partial charge on any atom is 0.339 e. The molecule has 7 nitrogen and oxygen atoms in total. The van der Waals surface area contributed by atoms with Crippen molar-refractivity contribution in [3.05, 3.63) is 95.6 Å². The van der Waals surface area contributed by atoms with Crippen LogP contribution in [-0.4, -0.2) is 31.6 Å². The second-order valence-corrected chi connectivity index (χ2v) is 10.3. The molecular formula is C27H26N2O5S. The second kappa shape index (κ2) is 9.76. The number of para-hydroxylation sites is 1. The topological polar surface area (TPSA) is 96.8 Å². The highest BCUT2D eigenvalue weighted by Gasteiger charge is 2.31. The molecule has 180 valence electrons. The van der Waals surface area contributed by atoms with E-state index >= 15 is 0 Å². The Bertz CT molecular complexity index is 1470. The van der Waals surface area contributed by atoms with Crippen molar-refractivity contribution in [3.63, 3.8) is 0 Å². The molecule has 3 aromatic carbocycles. The third-order valence-electron chi connectivity index (χ3n) is 5.76. The van der Waals surface area contributed by atoms with E-state index in [9.17, 15) is 18.3 Å². The van der Waals surface area contributed by atoms with Crippen molar-refractivity contribution in [3.8, 4) is 5.75 Å². The van der Waals surface area contributed by atoms with Crippen molar-refractivity contribution in [1.29, 1.82) is 0 Å². The smallest absolute Gasteiger partial charge is 0.339 e. The molecule has 0 aliphatic rings. The number of ether oxygens (including phenoxy) is 1. The zero-order chi connectivity index (χ0) is 25.2. The van der Waals surface area contributed by atoms with Crippen LogP contribution in [0.3, 0.4) is 0 Å². The minimum absolute atomic E-state index is 0.00427. The highest BCUT2D eigenvalue weighted by molar-refractivity contribution is 7.92. The molecule has 1 heterocycles. The lowest BCUT2D eigenvalue weighted by molar-refractivity contribution is 0.0697. The van der Waals surface area contributed by atoms with Crippen LogP contribution in [0.4, 0.5) is 5.82 Å². The molecule has 8 heteroatoms. The second-order valence-electron chi connectivity index (χ2n) is 8.41. The Morgan fingerprint density at radius 1 is 1.00 bits per heavy atom. The van der Waals surface area contributed by atoms with Crippen LogP contribution < -0.4 is 9.04 Å². The first kappa shape index (κ1) is 24.2. The lowest BCUT2D eigenvalue weighted by Crippen LogP contribution is -2.33. The fourth-order valence-electron chi connectivity index (χ4n) is 3.92. The number of rotatable bonds is 8. The number of carbonyl (C=O) groups is 1. The van der Waals surface area contributed by atoms with Crippen LogP contribution >= 0.6 is 0 Å². The third-order valence-corrected chi connectivity index (χ3v) is 7.51. The first-order valence-electron chi connectivity index (χ1n) is 11.1. The van der Waals surface area contributed by atoms with Crippen molar-refractivity contribution >= 4 is 32.7 Å². The van der Waals surface area contributed by atoms with Crippen molar-refractivity contribution in [1.82, 2.24) is 4.98 Å². The van der Waals surface area contributed by atoms with Gasteiger partial charge in [-0.1, -0.05) is 62.4 Å². The Morgan fingerprint density at radius 3 is 2.29 bits per heavy atom. The van der Waals surface area contributed by atoms with Gasteiger partial charge in [0.25, 0.3) is 10.0 Å². The predicted molar refractivity (Wildman–Crippen MR) is 136 cm³/mol. The summed E-state index contributed by atoms with van der Waals surface area (Å²) in [7, 11) is -2.69. The zero-order valence-electron chi connectivity index (χ0n) is 19.7. The Labute approximate surface area is 204 Å². The summed E-state index contributed by atoms with van der Waals surface area (Å²) >= 11 is 0. The van der Waals surface area contributed by atoms with Crippen LogP contribution in [0.2, 0.25) is 0 Å². The normalized spacial score (nSPS) is 11.5. The SMILES string of the molecule is COc1ccc(S(=O)(=O)N(Cc2ccccc2)c2nc3c(C(C)C)cccc3cc2C(=O)O)cc1. The lowest BCUT2D eigenvalue weighted by atomic mass is 9.99. The summed E-state index contributed by atoms with van der Waals surface area (Å²) in [5, 5.41) is 10.7. The average Bonchev–Trinajstić information content (AvgIpc) is 2.86. The van der Waals surface area contributed by atoms with Crippen LogP contribution in [0.5, 0.6) is 5.75 Å². The molecule has 35 heavy (non-hydrogen) atoms. The van der Waals surface area contributed by atoms with Gasteiger partial charge in [-0.3, -0.25) is 0 Å². The van der Waals surface area contributed by atoms with Gasteiger partial charge in [0.05, 0.1) is 24.1 Å². The van der Waals surface area contributed by atoms with Crippen LogP contribution in [-0.2, 0) is 16.6 Å². The quantitative estimate of drug-likeness (QED) is 0.352. The minimum Gasteiger partial charge on any atom is -0.497 e. The average molecular weight is 491 g/mol. The fourth-order valence-corrected chi connectivity index (χ4v) is 5.34. The van der Waals surface area contributed by atoms with Gasteiger partial charge in [0.2, 0.25) is 0 Å². The summed E-state index contributed by atoms with van der Waals surface area (Å²) in [6, 6.07) is 22.0. The number of hydrogen-bond donors (Lipinski definition) is 1. The van der Waals surface area contributed by atoms with Gasteiger partial charge in [-0.25, -0.2) is 22.5 Å². The Kier molecular flexibility index (Phi) is 6.75. The van der Waals surface area contributed by atoms with Gasteiger partial charge >= 0.3 is 5.97 Å². The number of anilines is 1. The predicted octanol–water partition coefficient (Wildman–Crippen LogP) is 5.46. The number of carboxylic acid groups (broad SMARTS) is 1. The van der Waals surface area contributed by atoms with E-state index in [1.807, 2.05) is 32.0 Å². The summed E-state index contributed by atoms with van der Waals surface area (Å²) in [6.45, 7) is 3.94. The number of nitrogens with zero attached hydrogens (tertiary/aromatic N) is 2. The molecule has 0 saturated heterocycles. The van der Waals surface area contributed by atoms with Crippen LogP contribution in [0.1, 0.15) is 41.3 Å². The molecule has 1 aromatic heterocycles. The number of methoxy groups -OCH3 is 1. The Hall–Kier alpha value is -3.91. The first-order chi connectivity index (χ1) is 16.7. The highest BCUT2D eigenvalue weighted by atomic mass is 32.2. The van der Waals surface area contributed by atoms with Gasteiger partial charge in [0.15, 0.2) is 5.82 Å². The van der Waals surface area contributed by atoms with Crippen LogP contribution in [0.25, 0.3) is 10.9 Å². The zero-order valence-corrected chi connectivity index (χ0v) is 20.5. The number of aromatic nitrogens is 1. The first-order valence-corrected chi connectivity index (χ1v) is 12.5. The molecule has 0 spiro atoms. The molecule has 0 aliphatic heterocycles. The molecule has 4 rings (SSSR count). The van der Waals surface area contributed by atoms with Gasteiger partial charge in [0.1, 0.15) is 11.3 Å². The Balaban J connectivity index is 1.99. The Morgan fingerprint density at radius 2 is 1.69 bits per heavy atom.